The average molecular weight is 359 g/mol. The van der Waals surface area contributed by atoms with E-state index in [1.807, 2.05) is 42.2 Å². The lowest BCUT2D eigenvalue weighted by molar-refractivity contribution is -0.143. The van der Waals surface area contributed by atoms with Crippen LogP contribution in [0.25, 0.3) is 0 Å². The van der Waals surface area contributed by atoms with Crippen LogP contribution in [0.1, 0.15) is 32.3 Å². The third-order valence-electron chi connectivity index (χ3n) is 5.63. The van der Waals surface area contributed by atoms with E-state index >= 15 is 0 Å². The summed E-state index contributed by atoms with van der Waals surface area (Å²) in [4.78, 5) is 31.7. The van der Waals surface area contributed by atoms with Crippen molar-refractivity contribution in [3.05, 3.63) is 35.9 Å². The molecule has 2 heterocycles. The van der Waals surface area contributed by atoms with Gasteiger partial charge in [-0.3, -0.25) is 9.69 Å². The number of hydrogen-bond acceptors (Lipinski definition) is 4. The zero-order valence-electron chi connectivity index (χ0n) is 15.8. The van der Waals surface area contributed by atoms with E-state index in [-0.39, 0.29) is 12.5 Å². The van der Waals surface area contributed by atoms with Crippen molar-refractivity contribution in [1.82, 2.24) is 14.7 Å². The van der Waals surface area contributed by atoms with E-state index in [9.17, 15) is 9.59 Å². The summed E-state index contributed by atoms with van der Waals surface area (Å²) in [7, 11) is 0. The van der Waals surface area contributed by atoms with Crippen LogP contribution in [0.4, 0.5) is 4.79 Å². The summed E-state index contributed by atoms with van der Waals surface area (Å²) >= 11 is 0. The molecule has 0 N–H and O–H groups in total. The Labute approximate surface area is 155 Å². The van der Waals surface area contributed by atoms with Crippen molar-refractivity contribution in [3.63, 3.8) is 0 Å². The maximum Gasteiger partial charge on any atom is 0.410 e. The lowest BCUT2D eigenvalue weighted by atomic mass is 9.96. The molecule has 1 unspecified atom stereocenters. The van der Waals surface area contributed by atoms with Gasteiger partial charge in [-0.25, -0.2) is 4.79 Å². The monoisotopic (exact) mass is 359 g/mol. The Kier molecular flexibility index (Phi) is 5.81. The molecule has 2 fully saturated rings. The maximum absolute atomic E-state index is 13.2. The highest BCUT2D eigenvalue weighted by Crippen LogP contribution is 2.32. The number of ether oxygens (including phenoxy) is 1. The summed E-state index contributed by atoms with van der Waals surface area (Å²) in [6.45, 7) is 9.11. The first-order chi connectivity index (χ1) is 12.5. The average Bonchev–Trinajstić information content (AvgIpc) is 3.09. The molecule has 26 heavy (non-hydrogen) atoms. The summed E-state index contributed by atoms with van der Waals surface area (Å²) < 4.78 is 5.49. The molecule has 0 saturated carbocycles. The van der Waals surface area contributed by atoms with E-state index < -0.39 is 11.6 Å². The zero-order valence-corrected chi connectivity index (χ0v) is 15.8. The summed E-state index contributed by atoms with van der Waals surface area (Å²) in [5, 5.41) is 0. The van der Waals surface area contributed by atoms with Gasteiger partial charge in [-0.1, -0.05) is 37.3 Å². The number of piperazine rings is 1. The second-order valence-electron chi connectivity index (χ2n) is 7.30. The highest BCUT2D eigenvalue weighted by atomic mass is 16.6. The minimum atomic E-state index is -0.790. The predicted octanol–water partition coefficient (Wildman–Crippen LogP) is 2.34. The fraction of sp³-hybridized carbons (Fsp3) is 0.600. The standard InChI is InChI=1S/C20H29N3O3/c1-3-21-12-14-22(15-13-21)18(24)20(2)10-7-11-23(20)19(25)26-16-17-8-5-4-6-9-17/h4-6,8-9H,3,7,10-16H2,1-2H3. The molecule has 0 aromatic heterocycles. The van der Waals surface area contributed by atoms with Gasteiger partial charge in [-0.05, 0) is 31.9 Å². The van der Waals surface area contributed by atoms with Crippen LogP contribution in [0.15, 0.2) is 30.3 Å². The Morgan fingerprint density at radius 2 is 1.77 bits per heavy atom. The number of likely N-dealkylation sites (tertiary alicyclic amines) is 1. The number of nitrogens with zero attached hydrogens (tertiary/aromatic N) is 3. The van der Waals surface area contributed by atoms with Crippen molar-refractivity contribution in [2.45, 2.75) is 38.8 Å². The summed E-state index contributed by atoms with van der Waals surface area (Å²) in [5.74, 6) is 0.0578. The molecule has 0 spiro atoms. The summed E-state index contributed by atoms with van der Waals surface area (Å²) in [6.07, 6.45) is 1.13. The Balaban J connectivity index is 1.62. The van der Waals surface area contributed by atoms with Crippen LogP contribution in [-0.2, 0) is 16.1 Å². The minimum Gasteiger partial charge on any atom is -0.445 e. The number of amides is 2. The molecular weight excluding hydrogens is 330 g/mol. The number of carbonyl (C=O) groups excluding carboxylic acids is 2. The molecule has 6 nitrogen and oxygen atoms in total. The lowest BCUT2D eigenvalue weighted by Crippen LogP contribution is -2.60. The molecule has 0 bridgehead atoms. The minimum absolute atomic E-state index is 0.0578. The SMILES string of the molecule is CCN1CCN(C(=O)C2(C)CCCN2C(=O)OCc2ccccc2)CC1. The summed E-state index contributed by atoms with van der Waals surface area (Å²) in [6, 6.07) is 9.62. The van der Waals surface area contributed by atoms with E-state index in [1.54, 1.807) is 4.90 Å². The third kappa shape index (κ3) is 3.85. The van der Waals surface area contributed by atoms with Gasteiger partial charge in [-0.2, -0.15) is 0 Å². The molecule has 2 saturated heterocycles. The summed E-state index contributed by atoms with van der Waals surface area (Å²) in [5.41, 5.74) is 0.158. The first-order valence-corrected chi connectivity index (χ1v) is 9.54. The molecule has 142 valence electrons. The van der Waals surface area contributed by atoms with Gasteiger partial charge in [0.2, 0.25) is 5.91 Å². The fourth-order valence-corrected chi connectivity index (χ4v) is 3.88. The van der Waals surface area contributed by atoms with Crippen LogP contribution in [0.3, 0.4) is 0 Å². The molecule has 1 aromatic rings. The molecule has 2 aliphatic heterocycles. The fourth-order valence-electron chi connectivity index (χ4n) is 3.88. The van der Waals surface area contributed by atoms with E-state index in [0.29, 0.717) is 13.0 Å². The van der Waals surface area contributed by atoms with Crippen molar-refractivity contribution in [1.29, 1.82) is 0 Å². The van der Waals surface area contributed by atoms with Gasteiger partial charge < -0.3 is 14.5 Å². The Morgan fingerprint density at radius 1 is 1.08 bits per heavy atom. The van der Waals surface area contributed by atoms with Gasteiger partial charge in [0.25, 0.3) is 0 Å². The zero-order chi connectivity index (χ0) is 18.6. The van der Waals surface area contributed by atoms with Crippen molar-refractivity contribution >= 4 is 12.0 Å². The molecule has 1 atom stereocenters. The molecule has 6 heteroatoms. The number of benzene rings is 1. The van der Waals surface area contributed by atoms with Gasteiger partial charge in [0.1, 0.15) is 12.1 Å². The van der Waals surface area contributed by atoms with Crippen molar-refractivity contribution in [3.8, 4) is 0 Å². The molecule has 0 radical (unpaired) electrons. The van der Waals surface area contributed by atoms with Gasteiger partial charge in [0, 0.05) is 32.7 Å². The van der Waals surface area contributed by atoms with Crippen LogP contribution >= 0.6 is 0 Å². The lowest BCUT2D eigenvalue weighted by Gasteiger charge is -2.41. The molecular formula is C20H29N3O3. The highest BCUT2D eigenvalue weighted by molar-refractivity contribution is 5.90. The topological polar surface area (TPSA) is 53.1 Å². The van der Waals surface area contributed by atoms with E-state index in [1.165, 1.54) is 0 Å². The van der Waals surface area contributed by atoms with Crippen LogP contribution in [0, 0.1) is 0 Å². The second-order valence-corrected chi connectivity index (χ2v) is 7.30. The number of hydrogen-bond donors (Lipinski definition) is 0. The first-order valence-electron chi connectivity index (χ1n) is 9.54. The van der Waals surface area contributed by atoms with Crippen molar-refractivity contribution < 1.29 is 14.3 Å². The molecule has 0 aliphatic carbocycles. The van der Waals surface area contributed by atoms with Gasteiger partial charge in [0.05, 0.1) is 0 Å². The Morgan fingerprint density at radius 3 is 2.42 bits per heavy atom. The number of rotatable bonds is 4. The second kappa shape index (κ2) is 8.08. The van der Waals surface area contributed by atoms with Gasteiger partial charge >= 0.3 is 6.09 Å². The maximum atomic E-state index is 13.2. The largest absolute Gasteiger partial charge is 0.445 e. The number of carbonyl (C=O) groups is 2. The van der Waals surface area contributed by atoms with Crippen LogP contribution in [0.5, 0.6) is 0 Å². The first kappa shape index (κ1) is 18.7. The van der Waals surface area contributed by atoms with Crippen LogP contribution < -0.4 is 0 Å². The molecule has 2 aliphatic rings. The predicted molar refractivity (Wildman–Crippen MR) is 99.7 cm³/mol. The number of likely N-dealkylation sites (N-methyl/N-ethyl adjacent to an activating group) is 1. The van der Waals surface area contributed by atoms with E-state index in [4.69, 9.17) is 4.74 Å². The highest BCUT2D eigenvalue weighted by Gasteiger charge is 2.48. The van der Waals surface area contributed by atoms with Gasteiger partial charge in [0.15, 0.2) is 0 Å². The quantitative estimate of drug-likeness (QED) is 0.828. The van der Waals surface area contributed by atoms with Crippen LogP contribution in [0.2, 0.25) is 0 Å². The molecule has 1 aromatic carbocycles. The third-order valence-corrected chi connectivity index (χ3v) is 5.63. The Bertz CT molecular complexity index is 628. The van der Waals surface area contributed by atoms with E-state index in [2.05, 4.69) is 11.8 Å². The molecule has 2 amide bonds. The molecule has 3 rings (SSSR count). The van der Waals surface area contributed by atoms with E-state index in [0.717, 1.165) is 44.7 Å². The Hall–Kier alpha value is -2.08. The van der Waals surface area contributed by atoms with Crippen molar-refractivity contribution in [2.24, 2.45) is 0 Å². The smallest absolute Gasteiger partial charge is 0.410 e. The van der Waals surface area contributed by atoms with Crippen LogP contribution in [-0.4, -0.2) is 71.5 Å². The van der Waals surface area contributed by atoms with Gasteiger partial charge in [-0.15, -0.1) is 0 Å². The normalized spacial score (nSPS) is 23.9. The van der Waals surface area contributed by atoms with Crippen molar-refractivity contribution in [2.75, 3.05) is 39.3 Å².